The number of rotatable bonds is 6. The molecule has 0 radical (unpaired) electrons. The van der Waals surface area contributed by atoms with E-state index in [4.69, 9.17) is 9.29 Å². The summed E-state index contributed by atoms with van der Waals surface area (Å²) in [7, 11) is 0. The first-order valence-corrected chi connectivity index (χ1v) is 5.88. The van der Waals surface area contributed by atoms with Crippen LogP contribution in [-0.2, 0) is 15.4 Å². The molecule has 0 atom stereocenters. The summed E-state index contributed by atoms with van der Waals surface area (Å²) in [5, 5.41) is 10.9. The smallest absolute Gasteiger partial charge is 0.310 e. The first kappa shape index (κ1) is 14.3. The Kier molecular flexibility index (Phi) is 5.96. The number of carboxylic acids is 1. The third kappa shape index (κ3) is 5.51. The Morgan fingerprint density at radius 3 is 2.94 bits per heavy atom. The summed E-state index contributed by atoms with van der Waals surface area (Å²) < 4.78 is 4.90. The maximum Gasteiger partial charge on any atom is 0.310 e. The molecule has 6 heteroatoms. The molecule has 1 aromatic rings. The quantitative estimate of drug-likeness (QED) is 0.471. The number of benzene rings is 1. The van der Waals surface area contributed by atoms with E-state index in [-0.39, 0.29) is 18.3 Å². The number of carboxylic acid groups (broad SMARTS) is 1. The number of carbonyl (C=O) groups excluding carboxylic acids is 1. The van der Waals surface area contributed by atoms with Gasteiger partial charge in [-0.15, -0.1) is 6.58 Å². The number of carbonyl (C=O) groups is 2. The number of nitrogens with one attached hydrogen (secondary N) is 1. The Bertz CT molecular complexity index is 447. The second-order valence-corrected chi connectivity index (χ2v) is 4.11. The van der Waals surface area contributed by atoms with E-state index in [0.29, 0.717) is 23.3 Å². The summed E-state index contributed by atoms with van der Waals surface area (Å²) in [4.78, 5) is 22.0. The first-order valence-electron chi connectivity index (χ1n) is 5.14. The summed E-state index contributed by atoms with van der Waals surface area (Å²) in [5.74, 6) is -0.915. The first-order chi connectivity index (χ1) is 8.61. The van der Waals surface area contributed by atoms with Crippen LogP contribution in [0.3, 0.4) is 0 Å². The molecule has 0 aliphatic rings. The fraction of sp³-hybridized carbons (Fsp3) is 0.167. The lowest BCUT2D eigenvalue weighted by molar-refractivity contribution is -0.136. The van der Waals surface area contributed by atoms with Gasteiger partial charge in [-0.3, -0.25) is 9.59 Å². The number of hydrogen-bond donors (Lipinski definition) is 2. The van der Waals surface area contributed by atoms with Gasteiger partial charge in [0.25, 0.3) is 0 Å². The number of amides is 1. The maximum atomic E-state index is 11.4. The van der Waals surface area contributed by atoms with Crippen LogP contribution >= 0.6 is 12.0 Å². The molecule has 0 heterocycles. The summed E-state index contributed by atoms with van der Waals surface area (Å²) in [6.45, 7) is 3.73. The molecule has 1 amide bonds. The molecule has 1 rings (SSSR count). The van der Waals surface area contributed by atoms with Gasteiger partial charge in [0.05, 0.1) is 25.1 Å². The van der Waals surface area contributed by atoms with Gasteiger partial charge in [0.2, 0.25) is 0 Å². The van der Waals surface area contributed by atoms with Crippen molar-refractivity contribution in [3.63, 3.8) is 0 Å². The molecular formula is C12H13NO4S. The van der Waals surface area contributed by atoms with E-state index in [0.717, 1.165) is 0 Å². The van der Waals surface area contributed by atoms with Crippen molar-refractivity contribution in [2.45, 2.75) is 6.42 Å². The second kappa shape index (κ2) is 7.52. The van der Waals surface area contributed by atoms with Crippen LogP contribution in [0.4, 0.5) is 10.5 Å². The van der Waals surface area contributed by atoms with Gasteiger partial charge in [-0.1, -0.05) is 18.2 Å². The highest BCUT2D eigenvalue weighted by molar-refractivity contribution is 8.09. The van der Waals surface area contributed by atoms with Crippen LogP contribution < -0.4 is 5.32 Å². The van der Waals surface area contributed by atoms with Crippen molar-refractivity contribution < 1.29 is 18.9 Å². The van der Waals surface area contributed by atoms with E-state index >= 15 is 0 Å². The van der Waals surface area contributed by atoms with E-state index in [1.54, 1.807) is 24.3 Å². The molecule has 0 aliphatic carbocycles. The van der Waals surface area contributed by atoms with Crippen molar-refractivity contribution >= 4 is 28.9 Å². The van der Waals surface area contributed by atoms with Crippen LogP contribution in [0.25, 0.3) is 0 Å². The van der Waals surface area contributed by atoms with Crippen LogP contribution in [0.1, 0.15) is 5.56 Å². The zero-order valence-electron chi connectivity index (χ0n) is 9.59. The fourth-order valence-corrected chi connectivity index (χ4v) is 1.64. The van der Waals surface area contributed by atoms with Crippen LogP contribution in [-0.4, -0.2) is 22.9 Å². The molecule has 2 N–H and O–H groups in total. The topological polar surface area (TPSA) is 75.6 Å². The molecule has 0 fully saturated rings. The van der Waals surface area contributed by atoms with Crippen molar-refractivity contribution in [2.24, 2.45) is 0 Å². The molecule has 0 unspecified atom stereocenters. The van der Waals surface area contributed by atoms with Gasteiger partial charge in [-0.25, -0.2) is 0 Å². The number of hydrogen-bond acceptors (Lipinski definition) is 4. The highest BCUT2D eigenvalue weighted by atomic mass is 32.2. The highest BCUT2D eigenvalue weighted by Gasteiger charge is 2.05. The summed E-state index contributed by atoms with van der Waals surface area (Å²) in [5.41, 5.74) is 1.16. The largest absolute Gasteiger partial charge is 0.481 e. The van der Waals surface area contributed by atoms with Gasteiger partial charge < -0.3 is 14.6 Å². The second-order valence-electron chi connectivity index (χ2n) is 3.34. The van der Waals surface area contributed by atoms with Gasteiger partial charge in [0.15, 0.2) is 0 Å². The average Bonchev–Trinajstić information content (AvgIpc) is 2.28. The lowest BCUT2D eigenvalue weighted by Gasteiger charge is -2.05. The van der Waals surface area contributed by atoms with E-state index < -0.39 is 5.97 Å². The molecule has 0 saturated carbocycles. The Labute approximate surface area is 109 Å². The van der Waals surface area contributed by atoms with Crippen LogP contribution in [0, 0.1) is 0 Å². The summed E-state index contributed by atoms with van der Waals surface area (Å²) in [6, 6.07) is 6.66. The number of aliphatic carboxylic acids is 1. The third-order valence-electron chi connectivity index (χ3n) is 1.85. The third-order valence-corrected chi connectivity index (χ3v) is 2.36. The molecule has 5 nitrogen and oxygen atoms in total. The van der Waals surface area contributed by atoms with Gasteiger partial charge in [-0.2, -0.15) is 0 Å². The van der Waals surface area contributed by atoms with Gasteiger partial charge in [0, 0.05) is 5.69 Å². The van der Waals surface area contributed by atoms with E-state index in [2.05, 4.69) is 11.9 Å². The molecule has 0 spiro atoms. The number of anilines is 1. The Morgan fingerprint density at radius 1 is 1.50 bits per heavy atom. The maximum absolute atomic E-state index is 11.4. The Balaban J connectivity index is 2.53. The van der Waals surface area contributed by atoms with Gasteiger partial charge >= 0.3 is 11.2 Å². The monoisotopic (exact) mass is 267 g/mol. The van der Waals surface area contributed by atoms with Crippen molar-refractivity contribution in [3.8, 4) is 0 Å². The zero-order chi connectivity index (χ0) is 13.4. The fourth-order valence-electron chi connectivity index (χ4n) is 1.21. The molecule has 0 aromatic heterocycles. The average molecular weight is 267 g/mol. The normalized spacial score (nSPS) is 9.78. The molecule has 96 valence electrons. The zero-order valence-corrected chi connectivity index (χ0v) is 10.4. The van der Waals surface area contributed by atoms with Gasteiger partial charge in [0.1, 0.15) is 0 Å². The predicted molar refractivity (Wildman–Crippen MR) is 70.5 cm³/mol. The van der Waals surface area contributed by atoms with E-state index in [1.165, 1.54) is 6.08 Å². The molecular weight excluding hydrogens is 254 g/mol. The summed E-state index contributed by atoms with van der Waals surface area (Å²) in [6.07, 6.45) is 1.46. The Morgan fingerprint density at radius 2 is 2.28 bits per heavy atom. The summed E-state index contributed by atoms with van der Waals surface area (Å²) >= 11 is 0.678. The molecule has 0 aliphatic heterocycles. The molecule has 1 aromatic carbocycles. The van der Waals surface area contributed by atoms with Crippen molar-refractivity contribution in [3.05, 3.63) is 42.5 Å². The standard InChI is InChI=1S/C12H13NO4S/c1-2-6-17-18-12(16)13-10-5-3-4-9(7-10)8-11(14)15/h2-5,7H,1,6,8H2,(H,13,16)(H,14,15). The predicted octanol–water partition coefficient (Wildman–Crippen LogP) is 2.70. The lowest BCUT2D eigenvalue weighted by atomic mass is 10.1. The van der Waals surface area contributed by atoms with E-state index in [1.807, 2.05) is 0 Å². The van der Waals surface area contributed by atoms with Crippen LogP contribution in [0.2, 0.25) is 0 Å². The highest BCUT2D eigenvalue weighted by Crippen LogP contribution is 2.14. The minimum Gasteiger partial charge on any atom is -0.481 e. The molecule has 18 heavy (non-hydrogen) atoms. The molecule has 0 saturated heterocycles. The minimum atomic E-state index is -0.915. The van der Waals surface area contributed by atoms with Gasteiger partial charge in [-0.05, 0) is 17.7 Å². The van der Waals surface area contributed by atoms with E-state index in [9.17, 15) is 9.59 Å². The molecule has 0 bridgehead atoms. The van der Waals surface area contributed by atoms with Crippen molar-refractivity contribution in [2.75, 3.05) is 11.9 Å². The lowest BCUT2D eigenvalue weighted by Crippen LogP contribution is -2.06. The van der Waals surface area contributed by atoms with Crippen molar-refractivity contribution in [1.29, 1.82) is 0 Å². The van der Waals surface area contributed by atoms with Crippen molar-refractivity contribution in [1.82, 2.24) is 0 Å². The Hall–Kier alpha value is -1.79. The van der Waals surface area contributed by atoms with Crippen LogP contribution in [0.5, 0.6) is 0 Å². The van der Waals surface area contributed by atoms with Crippen LogP contribution in [0.15, 0.2) is 36.9 Å². The minimum absolute atomic E-state index is 0.0795. The SMILES string of the molecule is C=CCOSC(=O)Nc1cccc(CC(=O)O)c1.